The van der Waals surface area contributed by atoms with Crippen molar-refractivity contribution in [3.8, 4) is 0 Å². The van der Waals surface area contributed by atoms with E-state index in [2.05, 4.69) is 5.32 Å². The number of nitrogens with one attached hydrogen (secondary N) is 1. The van der Waals surface area contributed by atoms with E-state index < -0.39 is 23.4 Å². The smallest absolute Gasteiger partial charge is 0.373 e. The molecule has 0 aliphatic heterocycles. The van der Waals surface area contributed by atoms with Crippen LogP contribution in [-0.2, 0) is 10.9 Å². The number of hydrogen-bond donors (Lipinski definition) is 1. The van der Waals surface area contributed by atoms with E-state index in [1.807, 2.05) is 20.8 Å². The minimum Gasteiger partial charge on any atom is -0.373 e. The maximum absolute atomic E-state index is 13.3. The fourth-order valence-corrected chi connectivity index (χ4v) is 2.94. The van der Waals surface area contributed by atoms with Crippen molar-refractivity contribution in [1.29, 1.82) is 0 Å². The van der Waals surface area contributed by atoms with Crippen molar-refractivity contribution in [2.75, 3.05) is 13.7 Å². The van der Waals surface area contributed by atoms with Crippen LogP contribution in [0.2, 0.25) is 0 Å². The molecule has 0 aliphatic rings. The fourth-order valence-electron chi connectivity index (χ4n) is 2.94. The van der Waals surface area contributed by atoms with Crippen LogP contribution >= 0.6 is 0 Å². The van der Waals surface area contributed by atoms with Gasteiger partial charge in [-0.2, -0.15) is 13.2 Å². The molecule has 0 aliphatic carbocycles. The molecule has 120 valence electrons. The van der Waals surface area contributed by atoms with Crippen LogP contribution in [0, 0.1) is 0 Å². The first-order chi connectivity index (χ1) is 9.86. The van der Waals surface area contributed by atoms with E-state index in [1.165, 1.54) is 12.1 Å². The summed E-state index contributed by atoms with van der Waals surface area (Å²) in [5.74, 6) is 0. The Balaban J connectivity index is 3.39. The Hall–Kier alpha value is -1.07. The lowest BCUT2D eigenvalue weighted by Crippen LogP contribution is -2.45. The highest BCUT2D eigenvalue weighted by Gasteiger charge is 2.42. The SMILES string of the molecule is CCOC(CC)(CC)C(NC)c1ccccc1C(F)(F)F. The molecule has 0 fully saturated rings. The molecule has 1 N–H and O–H groups in total. The first-order valence-corrected chi connectivity index (χ1v) is 7.33. The van der Waals surface area contributed by atoms with Crippen molar-refractivity contribution >= 4 is 0 Å². The van der Waals surface area contributed by atoms with Crippen LogP contribution in [0.3, 0.4) is 0 Å². The molecule has 0 bridgehead atoms. The molecule has 0 aromatic heterocycles. The third-order valence-corrected chi connectivity index (χ3v) is 4.02. The third-order valence-electron chi connectivity index (χ3n) is 4.02. The summed E-state index contributed by atoms with van der Waals surface area (Å²) in [5, 5.41) is 3.03. The molecule has 2 nitrogen and oxygen atoms in total. The molecule has 1 unspecified atom stereocenters. The summed E-state index contributed by atoms with van der Waals surface area (Å²) < 4.78 is 45.6. The van der Waals surface area contributed by atoms with E-state index in [4.69, 9.17) is 4.74 Å². The molecule has 21 heavy (non-hydrogen) atoms. The molecule has 0 spiro atoms. The topological polar surface area (TPSA) is 21.3 Å². The molecule has 1 rings (SSSR count). The van der Waals surface area contributed by atoms with Crippen LogP contribution < -0.4 is 5.32 Å². The first-order valence-electron chi connectivity index (χ1n) is 7.33. The van der Waals surface area contributed by atoms with Gasteiger partial charge in [0.25, 0.3) is 0 Å². The molecular formula is C16H24F3NO. The molecule has 5 heteroatoms. The second kappa shape index (κ2) is 7.27. The van der Waals surface area contributed by atoms with Gasteiger partial charge in [-0.25, -0.2) is 0 Å². The number of alkyl halides is 3. The van der Waals surface area contributed by atoms with Crippen LogP contribution in [-0.4, -0.2) is 19.3 Å². The Morgan fingerprint density at radius 1 is 1.10 bits per heavy atom. The number of rotatable bonds is 7. The molecule has 1 aromatic carbocycles. The lowest BCUT2D eigenvalue weighted by Gasteiger charge is -2.40. The normalized spacial score (nSPS) is 14.2. The van der Waals surface area contributed by atoms with Crippen LogP contribution in [0.5, 0.6) is 0 Å². The number of ether oxygens (including phenoxy) is 1. The highest BCUT2D eigenvalue weighted by Crippen LogP contribution is 2.41. The second-order valence-corrected chi connectivity index (χ2v) is 5.01. The molecule has 0 radical (unpaired) electrons. The van der Waals surface area contributed by atoms with Crippen molar-refractivity contribution < 1.29 is 17.9 Å². The predicted molar refractivity (Wildman–Crippen MR) is 78.2 cm³/mol. The first kappa shape index (κ1) is 18.0. The van der Waals surface area contributed by atoms with E-state index >= 15 is 0 Å². The van der Waals surface area contributed by atoms with Gasteiger partial charge >= 0.3 is 6.18 Å². The molecule has 0 saturated carbocycles. The van der Waals surface area contributed by atoms with Crippen molar-refractivity contribution in [3.63, 3.8) is 0 Å². The van der Waals surface area contributed by atoms with Gasteiger partial charge in [-0.1, -0.05) is 32.0 Å². The van der Waals surface area contributed by atoms with Gasteiger partial charge in [-0.15, -0.1) is 0 Å². The van der Waals surface area contributed by atoms with Crippen molar-refractivity contribution in [2.24, 2.45) is 0 Å². The number of likely N-dealkylation sites (N-methyl/N-ethyl adjacent to an activating group) is 1. The van der Waals surface area contributed by atoms with Crippen molar-refractivity contribution in [3.05, 3.63) is 35.4 Å². The third kappa shape index (κ3) is 3.77. The largest absolute Gasteiger partial charge is 0.416 e. The van der Waals surface area contributed by atoms with E-state index in [1.54, 1.807) is 13.1 Å². The predicted octanol–water partition coefficient (Wildman–Crippen LogP) is 4.56. The van der Waals surface area contributed by atoms with Gasteiger partial charge in [0.1, 0.15) is 0 Å². The van der Waals surface area contributed by atoms with Gasteiger partial charge in [-0.05, 0) is 38.4 Å². The summed E-state index contributed by atoms with van der Waals surface area (Å²) >= 11 is 0. The van der Waals surface area contributed by atoms with E-state index in [0.29, 0.717) is 19.4 Å². The van der Waals surface area contributed by atoms with Crippen LogP contribution in [0.25, 0.3) is 0 Å². The maximum Gasteiger partial charge on any atom is 0.416 e. The second-order valence-electron chi connectivity index (χ2n) is 5.01. The Kier molecular flexibility index (Phi) is 6.23. The van der Waals surface area contributed by atoms with Crippen molar-refractivity contribution in [2.45, 2.75) is 51.4 Å². The van der Waals surface area contributed by atoms with Crippen LogP contribution in [0.1, 0.15) is 50.8 Å². The molecule has 0 saturated heterocycles. The highest BCUT2D eigenvalue weighted by atomic mass is 19.4. The summed E-state index contributed by atoms with van der Waals surface area (Å²) in [4.78, 5) is 0. The highest BCUT2D eigenvalue weighted by molar-refractivity contribution is 5.34. The molecule has 1 aromatic rings. The zero-order valence-electron chi connectivity index (χ0n) is 13.1. The summed E-state index contributed by atoms with van der Waals surface area (Å²) in [6.07, 6.45) is -3.10. The van der Waals surface area contributed by atoms with Gasteiger partial charge in [0.15, 0.2) is 0 Å². The Morgan fingerprint density at radius 3 is 2.10 bits per heavy atom. The summed E-state index contributed by atoms with van der Waals surface area (Å²) in [5.41, 5.74) is -1.01. The van der Waals surface area contributed by atoms with Gasteiger partial charge in [0.2, 0.25) is 0 Å². The molecule has 0 amide bonds. The quantitative estimate of drug-likeness (QED) is 0.797. The van der Waals surface area contributed by atoms with Crippen LogP contribution in [0.4, 0.5) is 13.2 Å². The molecule has 1 atom stereocenters. The minimum atomic E-state index is -4.37. The van der Waals surface area contributed by atoms with E-state index in [0.717, 1.165) is 6.07 Å². The van der Waals surface area contributed by atoms with Gasteiger partial charge in [0.05, 0.1) is 17.2 Å². The van der Waals surface area contributed by atoms with Gasteiger partial charge in [0, 0.05) is 6.61 Å². The number of halogens is 3. The van der Waals surface area contributed by atoms with Gasteiger partial charge < -0.3 is 10.1 Å². The minimum absolute atomic E-state index is 0.240. The number of benzene rings is 1. The van der Waals surface area contributed by atoms with Crippen LogP contribution in [0.15, 0.2) is 24.3 Å². The Bertz CT molecular complexity index is 441. The zero-order valence-corrected chi connectivity index (χ0v) is 13.1. The lowest BCUT2D eigenvalue weighted by molar-refractivity contribution is -0.140. The summed E-state index contributed by atoms with van der Waals surface area (Å²) in [6, 6.07) is 5.20. The monoisotopic (exact) mass is 303 g/mol. The summed E-state index contributed by atoms with van der Waals surface area (Å²) in [7, 11) is 1.68. The maximum atomic E-state index is 13.3. The van der Waals surface area contributed by atoms with E-state index in [9.17, 15) is 13.2 Å². The average Bonchev–Trinajstić information content (AvgIpc) is 2.46. The molecule has 0 heterocycles. The van der Waals surface area contributed by atoms with E-state index in [-0.39, 0.29) is 5.56 Å². The number of hydrogen-bond acceptors (Lipinski definition) is 2. The summed E-state index contributed by atoms with van der Waals surface area (Å²) in [6.45, 7) is 6.22. The zero-order chi connectivity index (χ0) is 16.1. The Morgan fingerprint density at radius 2 is 1.67 bits per heavy atom. The Labute approximate surface area is 124 Å². The average molecular weight is 303 g/mol. The standard InChI is InChI=1S/C16H24F3NO/c1-5-15(6-2,21-7-3)14(20-4)12-10-8-9-11-13(12)16(17,18)19/h8-11,14,20H,5-7H2,1-4H3. The van der Waals surface area contributed by atoms with Crippen molar-refractivity contribution in [1.82, 2.24) is 5.32 Å². The fraction of sp³-hybridized carbons (Fsp3) is 0.625. The lowest BCUT2D eigenvalue weighted by atomic mass is 9.82. The molecular weight excluding hydrogens is 279 g/mol. The van der Waals surface area contributed by atoms with Gasteiger partial charge in [-0.3, -0.25) is 0 Å².